The Bertz CT molecular complexity index is 4950. The molecular weight excluding hydrogens is 783 g/mol. The van der Waals surface area contributed by atoms with Crippen molar-refractivity contribution in [1.82, 2.24) is 24.1 Å². The van der Waals surface area contributed by atoms with Crippen LogP contribution >= 0.6 is 0 Å². The average Bonchev–Trinajstić information content (AvgIpc) is 0.988. The van der Waals surface area contributed by atoms with Gasteiger partial charge in [-0.1, -0.05) is 212 Å². The maximum Gasteiger partial charge on any atom is 0.240 e. The van der Waals surface area contributed by atoms with Crippen LogP contribution in [0, 0.1) is 0 Å². The van der Waals surface area contributed by atoms with E-state index in [1.54, 1.807) is 12.1 Å². The zero-order valence-corrected chi connectivity index (χ0v) is 33.0. The van der Waals surface area contributed by atoms with Crippen LogP contribution in [0.25, 0.3) is 78.0 Å². The van der Waals surface area contributed by atoms with E-state index in [2.05, 4.69) is 0 Å². The first-order valence-corrected chi connectivity index (χ1v) is 21.0. The molecule has 12 rings (SSSR count). The smallest absolute Gasteiger partial charge is 0.240 e. The van der Waals surface area contributed by atoms with Crippen molar-refractivity contribution < 1.29 is 39.8 Å². The Kier molecular flexibility index (Phi) is 4.22. The van der Waals surface area contributed by atoms with E-state index in [1.165, 1.54) is 48.5 Å². The second-order valence-electron chi connectivity index (χ2n) is 13.8. The van der Waals surface area contributed by atoms with Gasteiger partial charge in [-0.3, -0.25) is 9.13 Å². The van der Waals surface area contributed by atoms with E-state index in [-0.39, 0.29) is 10.4 Å². The summed E-state index contributed by atoms with van der Waals surface area (Å²) >= 11 is 0. The molecule has 3 aromatic heterocycles. The predicted molar refractivity (Wildman–Crippen MR) is 263 cm³/mol. The van der Waals surface area contributed by atoms with Crippen LogP contribution in [0.2, 0.25) is 0 Å². The van der Waals surface area contributed by atoms with Gasteiger partial charge in [0.15, 0.2) is 13.9 Å². The number of para-hydroxylation sites is 4. The molecule has 0 amide bonds. The van der Waals surface area contributed by atoms with E-state index < -0.39 is 272 Å². The highest BCUT2D eigenvalue weighted by Gasteiger charge is 2.42. The Morgan fingerprint density at radius 3 is 1.17 bits per heavy atom. The molecule has 0 aliphatic carbocycles. The third kappa shape index (κ3) is 5.95. The second kappa shape index (κ2) is 15.1. The summed E-state index contributed by atoms with van der Waals surface area (Å²) in [6, 6.07) is -10.5. The molecule has 296 valence electrons. The van der Waals surface area contributed by atoms with Crippen molar-refractivity contribution in [3.8, 4) is 34.4 Å². The molecular formula is C57H39N5Si. The predicted octanol–water partition coefficient (Wildman–Crippen LogP) is 10.8. The molecule has 0 saturated heterocycles. The number of aromatic nitrogens is 5. The summed E-state index contributed by atoms with van der Waals surface area (Å²) in [6.07, 6.45) is 0. The first-order valence-electron chi connectivity index (χ1n) is 33.5. The number of hydrogen-bond acceptors (Lipinski definition) is 3. The fourth-order valence-electron chi connectivity index (χ4n) is 7.83. The van der Waals surface area contributed by atoms with E-state index in [1.807, 2.05) is 0 Å². The lowest BCUT2D eigenvalue weighted by molar-refractivity contribution is 0.893. The van der Waals surface area contributed by atoms with E-state index in [4.69, 9.17) is 32.8 Å². The monoisotopic (exact) mass is 850 g/mol. The van der Waals surface area contributed by atoms with Crippen molar-refractivity contribution in [3.63, 3.8) is 0 Å². The zero-order chi connectivity index (χ0) is 67.0. The summed E-state index contributed by atoms with van der Waals surface area (Å²) in [5.74, 6) is -2.77. The SMILES string of the molecule is [2H]c1c([2H])c([2H])c(-c2c([2H])c([2H])c([2H])c([Si](c3ccccc3)(c3ccccc3)c3c([2H])c([2H])c([2H])c(-c4nc(-n5c6c([2H])c([2H])c([2H])c([2H])c6c6c([2H])c([2H])c([2H])c([2H])c65)nc(-n5c6c([2H])c([2H])c([2H])c([2H])c6c6c([2H])c([2H])c([2H])c([2H])c65)n4)c3[2H])c2[2H])c([2H])c1[2H]. The molecule has 9 aromatic carbocycles. The van der Waals surface area contributed by atoms with E-state index >= 15 is 0 Å². The Labute approximate surface area is 406 Å². The van der Waals surface area contributed by atoms with Crippen LogP contribution < -0.4 is 20.7 Å². The molecule has 3 heterocycles. The molecule has 63 heavy (non-hydrogen) atoms. The van der Waals surface area contributed by atoms with Crippen molar-refractivity contribution in [2.75, 3.05) is 0 Å². The first kappa shape index (κ1) is 17.7. The number of nitrogens with zero attached hydrogens (tertiary/aromatic N) is 5. The van der Waals surface area contributed by atoms with Crippen LogP contribution in [0.4, 0.5) is 0 Å². The zero-order valence-electron chi connectivity index (χ0n) is 61.0. The lowest BCUT2D eigenvalue weighted by atomic mass is 10.1. The number of rotatable bonds is 8. The third-order valence-electron chi connectivity index (χ3n) is 10.5. The molecule has 0 spiro atoms. The molecule has 0 saturated carbocycles. The van der Waals surface area contributed by atoms with Crippen LogP contribution in [0.3, 0.4) is 0 Å². The second-order valence-corrected chi connectivity index (χ2v) is 17.5. The molecule has 0 aliphatic heterocycles. The number of benzene rings is 9. The van der Waals surface area contributed by atoms with Crippen molar-refractivity contribution in [2.45, 2.75) is 0 Å². The topological polar surface area (TPSA) is 48.5 Å². The van der Waals surface area contributed by atoms with Gasteiger partial charge in [0, 0.05) is 27.1 Å². The molecule has 6 heteroatoms. The minimum Gasteiger partial charge on any atom is -0.278 e. The minimum atomic E-state index is -5.20. The molecule has 0 N–H and O–H groups in total. The first-order chi connectivity index (χ1) is 43.3. The van der Waals surface area contributed by atoms with Gasteiger partial charge in [0.1, 0.15) is 0 Å². The molecule has 0 aliphatic rings. The lowest BCUT2D eigenvalue weighted by Gasteiger charge is -2.35. The fraction of sp³-hybridized carbons (Fsp3) is 0. The molecule has 0 radical (unpaired) electrons. The van der Waals surface area contributed by atoms with Gasteiger partial charge >= 0.3 is 0 Å². The van der Waals surface area contributed by atoms with Gasteiger partial charge in [-0.15, -0.1) is 0 Å². The third-order valence-corrected chi connectivity index (χ3v) is 14.9. The summed E-state index contributed by atoms with van der Waals surface area (Å²) < 4.78 is 269. The maximum absolute atomic E-state index is 10.7. The normalized spacial score (nSPS) is 18.3. The van der Waals surface area contributed by atoms with Crippen LogP contribution in [0.5, 0.6) is 0 Å². The van der Waals surface area contributed by atoms with Crippen molar-refractivity contribution in [2.24, 2.45) is 0 Å². The summed E-state index contributed by atoms with van der Waals surface area (Å²) in [5.41, 5.74) is -4.74. The van der Waals surface area contributed by atoms with Gasteiger partial charge in [-0.25, -0.2) is 0 Å². The summed E-state index contributed by atoms with van der Waals surface area (Å²) in [4.78, 5) is 14.2. The van der Waals surface area contributed by atoms with Crippen molar-refractivity contribution in [1.29, 1.82) is 0 Å². The maximum atomic E-state index is 10.7. The van der Waals surface area contributed by atoms with Crippen LogP contribution in [0.15, 0.2) is 236 Å². The van der Waals surface area contributed by atoms with Crippen molar-refractivity contribution >= 4 is 72.4 Å². The lowest BCUT2D eigenvalue weighted by Crippen LogP contribution is -2.74. The van der Waals surface area contributed by atoms with Gasteiger partial charge in [-0.2, -0.15) is 15.0 Å². The van der Waals surface area contributed by atoms with Crippen LogP contribution in [-0.2, 0) is 0 Å². The summed E-state index contributed by atoms with van der Waals surface area (Å²) in [5, 5.41) is -2.92. The highest BCUT2D eigenvalue weighted by molar-refractivity contribution is 7.20. The van der Waals surface area contributed by atoms with Crippen LogP contribution in [0.1, 0.15) is 39.8 Å². The molecule has 5 nitrogen and oxygen atoms in total. The number of hydrogen-bond donors (Lipinski definition) is 0. The van der Waals surface area contributed by atoms with Gasteiger partial charge in [0.05, 0.1) is 61.8 Å². The quantitative estimate of drug-likeness (QED) is 0.113. The molecule has 12 aromatic rings. The highest BCUT2D eigenvalue weighted by Crippen LogP contribution is 2.34. The van der Waals surface area contributed by atoms with E-state index in [9.17, 15) is 21.9 Å². The Morgan fingerprint density at radius 1 is 0.333 bits per heavy atom. The van der Waals surface area contributed by atoms with Crippen molar-refractivity contribution in [3.05, 3.63) is 236 Å². The summed E-state index contributed by atoms with van der Waals surface area (Å²) in [6.45, 7) is 0. The highest BCUT2D eigenvalue weighted by atomic mass is 28.3. The molecule has 0 unspecified atom stereocenters. The van der Waals surface area contributed by atoms with Gasteiger partial charge in [0.25, 0.3) is 0 Å². The largest absolute Gasteiger partial charge is 0.278 e. The Hall–Kier alpha value is -8.19. The minimum absolute atomic E-state index is 0.0987. The molecule has 0 atom stereocenters. The molecule has 0 bridgehead atoms. The van der Waals surface area contributed by atoms with Gasteiger partial charge in [0.2, 0.25) is 11.9 Å². The average molecular weight is 851 g/mol. The number of fused-ring (bicyclic) bond motifs is 6. The summed E-state index contributed by atoms with van der Waals surface area (Å²) in [7, 11) is -5.20. The van der Waals surface area contributed by atoms with E-state index in [0.29, 0.717) is 0 Å². The van der Waals surface area contributed by atoms with Gasteiger partial charge < -0.3 is 0 Å². The standard InChI is InChI=1S/C57H39N5Si/c1-4-20-40(21-5-1)41-22-18-28-45(38-41)63(43-24-6-2-7-25-43,44-26-8-3-9-27-44)46-29-19-23-42(39-46)55-58-56(61-51-34-14-10-30-47(51)48-31-11-15-35-52(48)61)60-57(59-55)62-53-36-16-12-32-49(53)50-33-13-17-37-54(50)62/h1-39H/i1D,4D,5D,10D,11D,12D,13D,14D,15D,16D,17D,18D,19D,20D,21D,22D,23D,28D,29D,30D,31D,32D,33D,34D,35D,36D,37D,38D,39D. The van der Waals surface area contributed by atoms with E-state index in [0.717, 1.165) is 9.13 Å². The fourth-order valence-corrected chi connectivity index (χ4v) is 12.1. The molecule has 0 fully saturated rings. The van der Waals surface area contributed by atoms with Gasteiger partial charge in [-0.05, 0) is 56.0 Å². The Morgan fingerprint density at radius 2 is 0.714 bits per heavy atom. The Balaban J connectivity index is 1.35. The van der Waals surface area contributed by atoms with Crippen LogP contribution in [-0.4, -0.2) is 32.2 Å².